The number of carbonyl (C=O) groups excluding carboxylic acids is 2. The number of hydrogen-bond acceptors (Lipinski definition) is 5. The highest BCUT2D eigenvalue weighted by Crippen LogP contribution is 2.25. The molecule has 1 amide bonds. The molecule has 142 valence electrons. The van der Waals surface area contributed by atoms with Crippen LogP contribution in [0.3, 0.4) is 0 Å². The minimum atomic E-state index is -0.499. The van der Waals surface area contributed by atoms with E-state index >= 15 is 0 Å². The zero-order valence-electron chi connectivity index (χ0n) is 15.4. The van der Waals surface area contributed by atoms with Crippen LogP contribution in [-0.2, 0) is 9.53 Å². The van der Waals surface area contributed by atoms with Crippen molar-refractivity contribution in [2.75, 3.05) is 19.0 Å². The molecule has 0 aliphatic heterocycles. The standard InChI is InChI=1S/C20H22N2O4S/c1-13(2)14-8-5-7-11-17(14)26-12-18(23)22-20(27)21-16-10-6-4-9-15(16)19(24)25-3/h4-11,13H,12H2,1-3H3,(H2,21,22,23,27). The summed E-state index contributed by atoms with van der Waals surface area (Å²) < 4.78 is 10.3. The van der Waals surface area contributed by atoms with Crippen LogP contribution in [0.2, 0.25) is 0 Å². The van der Waals surface area contributed by atoms with Crippen LogP contribution in [0.15, 0.2) is 48.5 Å². The van der Waals surface area contributed by atoms with Gasteiger partial charge in [0.2, 0.25) is 0 Å². The average molecular weight is 386 g/mol. The van der Waals surface area contributed by atoms with E-state index in [1.54, 1.807) is 24.3 Å². The first-order valence-electron chi connectivity index (χ1n) is 8.42. The second-order valence-electron chi connectivity index (χ2n) is 6.02. The molecule has 0 heterocycles. The van der Waals surface area contributed by atoms with Gasteiger partial charge in [0.1, 0.15) is 5.75 Å². The minimum Gasteiger partial charge on any atom is -0.483 e. The van der Waals surface area contributed by atoms with Crippen molar-refractivity contribution in [1.82, 2.24) is 5.32 Å². The predicted molar refractivity (Wildman–Crippen MR) is 108 cm³/mol. The summed E-state index contributed by atoms with van der Waals surface area (Å²) in [6, 6.07) is 14.3. The molecular formula is C20H22N2O4S. The highest BCUT2D eigenvalue weighted by molar-refractivity contribution is 7.80. The molecule has 0 saturated carbocycles. The number of thiocarbonyl (C=S) groups is 1. The Balaban J connectivity index is 1.94. The average Bonchev–Trinajstić information content (AvgIpc) is 2.66. The number of amides is 1. The molecule has 6 nitrogen and oxygen atoms in total. The third kappa shape index (κ3) is 5.79. The van der Waals surface area contributed by atoms with Gasteiger partial charge in [0.25, 0.3) is 5.91 Å². The Morgan fingerprint density at radius 1 is 1.07 bits per heavy atom. The van der Waals surface area contributed by atoms with E-state index in [2.05, 4.69) is 24.5 Å². The van der Waals surface area contributed by atoms with Crippen LogP contribution in [-0.4, -0.2) is 30.7 Å². The SMILES string of the molecule is COC(=O)c1ccccc1NC(=S)NC(=O)COc1ccccc1C(C)C. The topological polar surface area (TPSA) is 76.7 Å². The Kier molecular flexibility index (Phi) is 7.31. The fraction of sp³-hybridized carbons (Fsp3) is 0.250. The number of methoxy groups -OCH3 is 1. The molecule has 0 aromatic heterocycles. The van der Waals surface area contributed by atoms with E-state index in [-0.39, 0.29) is 17.6 Å². The summed E-state index contributed by atoms with van der Waals surface area (Å²) in [6.07, 6.45) is 0. The Hall–Kier alpha value is -2.93. The van der Waals surface area contributed by atoms with Gasteiger partial charge in [-0.25, -0.2) is 4.79 Å². The van der Waals surface area contributed by atoms with E-state index in [0.717, 1.165) is 5.56 Å². The summed E-state index contributed by atoms with van der Waals surface area (Å²) >= 11 is 5.14. The fourth-order valence-electron chi connectivity index (χ4n) is 2.43. The van der Waals surface area contributed by atoms with Gasteiger partial charge in [0, 0.05) is 0 Å². The fourth-order valence-corrected chi connectivity index (χ4v) is 2.65. The number of hydrogen-bond donors (Lipinski definition) is 2. The molecule has 2 rings (SSSR count). The van der Waals surface area contributed by atoms with E-state index in [4.69, 9.17) is 21.7 Å². The van der Waals surface area contributed by atoms with Crippen molar-refractivity contribution in [2.45, 2.75) is 19.8 Å². The van der Waals surface area contributed by atoms with E-state index < -0.39 is 11.9 Å². The molecule has 0 radical (unpaired) electrons. The maximum absolute atomic E-state index is 12.1. The zero-order chi connectivity index (χ0) is 19.8. The first kappa shape index (κ1) is 20.4. The molecule has 0 atom stereocenters. The largest absolute Gasteiger partial charge is 0.483 e. The quantitative estimate of drug-likeness (QED) is 0.585. The van der Waals surface area contributed by atoms with Crippen LogP contribution in [0.4, 0.5) is 5.69 Å². The Labute approximate surface area is 163 Å². The number of ether oxygens (including phenoxy) is 2. The van der Waals surface area contributed by atoms with Crippen LogP contribution in [0.1, 0.15) is 35.7 Å². The van der Waals surface area contributed by atoms with Gasteiger partial charge in [-0.3, -0.25) is 10.1 Å². The molecule has 0 aliphatic carbocycles. The molecule has 27 heavy (non-hydrogen) atoms. The van der Waals surface area contributed by atoms with Gasteiger partial charge in [0.15, 0.2) is 11.7 Å². The normalized spacial score (nSPS) is 10.2. The summed E-state index contributed by atoms with van der Waals surface area (Å²) in [5.41, 5.74) is 1.79. The van der Waals surface area contributed by atoms with Crippen LogP contribution >= 0.6 is 12.2 Å². The maximum Gasteiger partial charge on any atom is 0.339 e. The van der Waals surface area contributed by atoms with E-state index in [0.29, 0.717) is 17.0 Å². The molecule has 0 aliphatic rings. The van der Waals surface area contributed by atoms with Crippen molar-refractivity contribution in [3.8, 4) is 5.75 Å². The summed E-state index contributed by atoms with van der Waals surface area (Å²) in [6.45, 7) is 3.93. The van der Waals surface area contributed by atoms with Gasteiger partial charge in [0.05, 0.1) is 18.4 Å². The first-order chi connectivity index (χ1) is 12.9. The van der Waals surface area contributed by atoms with Crippen LogP contribution in [0.25, 0.3) is 0 Å². The van der Waals surface area contributed by atoms with Crippen molar-refractivity contribution in [2.24, 2.45) is 0 Å². The lowest BCUT2D eigenvalue weighted by molar-refractivity contribution is -0.121. The Morgan fingerprint density at radius 2 is 1.74 bits per heavy atom. The number of benzene rings is 2. The number of esters is 1. The summed E-state index contributed by atoms with van der Waals surface area (Å²) in [4.78, 5) is 23.9. The Morgan fingerprint density at radius 3 is 2.44 bits per heavy atom. The van der Waals surface area contributed by atoms with E-state index in [1.165, 1.54) is 7.11 Å². The van der Waals surface area contributed by atoms with Crippen molar-refractivity contribution in [3.63, 3.8) is 0 Å². The van der Waals surface area contributed by atoms with E-state index in [9.17, 15) is 9.59 Å². The number of rotatable bonds is 6. The minimum absolute atomic E-state index is 0.0668. The van der Waals surface area contributed by atoms with Crippen molar-refractivity contribution >= 4 is 34.9 Å². The lowest BCUT2D eigenvalue weighted by Crippen LogP contribution is -2.37. The smallest absolute Gasteiger partial charge is 0.339 e. The second kappa shape index (κ2) is 9.68. The highest BCUT2D eigenvalue weighted by Gasteiger charge is 2.14. The van der Waals surface area contributed by atoms with Gasteiger partial charge >= 0.3 is 5.97 Å². The molecule has 2 N–H and O–H groups in total. The molecule has 0 saturated heterocycles. The number of carbonyl (C=O) groups is 2. The van der Waals surface area contributed by atoms with Gasteiger partial charge in [-0.05, 0) is 41.9 Å². The highest BCUT2D eigenvalue weighted by atomic mass is 32.1. The first-order valence-corrected chi connectivity index (χ1v) is 8.83. The van der Waals surface area contributed by atoms with Gasteiger partial charge in [-0.1, -0.05) is 44.2 Å². The zero-order valence-corrected chi connectivity index (χ0v) is 16.3. The molecule has 2 aromatic carbocycles. The van der Waals surface area contributed by atoms with E-state index in [1.807, 2.05) is 24.3 Å². The van der Waals surface area contributed by atoms with Crippen molar-refractivity contribution < 1.29 is 19.1 Å². The second-order valence-corrected chi connectivity index (χ2v) is 6.43. The third-order valence-electron chi connectivity index (χ3n) is 3.73. The van der Waals surface area contributed by atoms with Crippen LogP contribution < -0.4 is 15.4 Å². The predicted octanol–water partition coefficient (Wildman–Crippen LogP) is 3.49. The number of para-hydroxylation sites is 2. The number of anilines is 1. The van der Waals surface area contributed by atoms with Gasteiger partial charge in [-0.2, -0.15) is 0 Å². The van der Waals surface area contributed by atoms with Crippen LogP contribution in [0.5, 0.6) is 5.75 Å². The van der Waals surface area contributed by atoms with Crippen LogP contribution in [0, 0.1) is 0 Å². The molecule has 0 unspecified atom stereocenters. The summed E-state index contributed by atoms with van der Waals surface area (Å²) in [5, 5.41) is 5.43. The van der Waals surface area contributed by atoms with Gasteiger partial charge < -0.3 is 14.8 Å². The maximum atomic E-state index is 12.1. The Bertz CT molecular complexity index is 836. The monoisotopic (exact) mass is 386 g/mol. The molecule has 0 spiro atoms. The molecular weight excluding hydrogens is 364 g/mol. The van der Waals surface area contributed by atoms with Crippen molar-refractivity contribution in [3.05, 3.63) is 59.7 Å². The van der Waals surface area contributed by atoms with Crippen molar-refractivity contribution in [1.29, 1.82) is 0 Å². The summed E-state index contributed by atoms with van der Waals surface area (Å²) in [5.74, 6) is 0.0434. The number of nitrogens with one attached hydrogen (secondary N) is 2. The molecule has 0 bridgehead atoms. The lowest BCUT2D eigenvalue weighted by Gasteiger charge is -2.15. The summed E-state index contributed by atoms with van der Waals surface area (Å²) in [7, 11) is 1.30. The lowest BCUT2D eigenvalue weighted by atomic mass is 10.0. The molecule has 0 fully saturated rings. The third-order valence-corrected chi connectivity index (χ3v) is 3.94. The molecule has 2 aromatic rings. The van der Waals surface area contributed by atoms with Gasteiger partial charge in [-0.15, -0.1) is 0 Å². The molecule has 7 heteroatoms.